The summed E-state index contributed by atoms with van der Waals surface area (Å²) in [5, 5.41) is 0.718. The van der Waals surface area contributed by atoms with Gasteiger partial charge in [-0.2, -0.15) is 0 Å². The van der Waals surface area contributed by atoms with Crippen LogP contribution in [0.5, 0.6) is 0 Å². The summed E-state index contributed by atoms with van der Waals surface area (Å²) in [7, 11) is 0. The van der Waals surface area contributed by atoms with Gasteiger partial charge in [0.25, 0.3) is 0 Å². The predicted octanol–water partition coefficient (Wildman–Crippen LogP) is 6.06. The number of amides is 2. The molecule has 2 atom stereocenters. The Labute approximate surface area is 234 Å². The van der Waals surface area contributed by atoms with Crippen molar-refractivity contribution in [2.45, 2.75) is 72.9 Å². The number of pyridine rings is 1. The van der Waals surface area contributed by atoms with Crippen LogP contribution in [0.1, 0.15) is 78.1 Å². The van der Waals surface area contributed by atoms with Crippen molar-refractivity contribution < 1.29 is 9.59 Å². The Hall–Kier alpha value is -2.44. The first-order valence-electron chi connectivity index (χ1n) is 14.1. The molecular weight excluding hydrogens is 496 g/mol. The normalized spacial score (nSPS) is 19.9. The summed E-state index contributed by atoms with van der Waals surface area (Å²) in [6.45, 7) is 16.1. The molecule has 0 saturated carbocycles. The average Bonchev–Trinajstić information content (AvgIpc) is 2.91. The predicted molar refractivity (Wildman–Crippen MR) is 155 cm³/mol. The van der Waals surface area contributed by atoms with Crippen LogP contribution in [-0.4, -0.2) is 70.3 Å². The van der Waals surface area contributed by atoms with Crippen molar-refractivity contribution in [3.63, 3.8) is 0 Å². The van der Waals surface area contributed by atoms with E-state index < -0.39 is 0 Å². The van der Waals surface area contributed by atoms with E-state index in [1.54, 1.807) is 6.92 Å². The number of halogens is 1. The molecule has 2 saturated heterocycles. The third-order valence-electron chi connectivity index (χ3n) is 7.77. The van der Waals surface area contributed by atoms with Gasteiger partial charge in [0.15, 0.2) is 0 Å². The van der Waals surface area contributed by atoms with Crippen LogP contribution < -0.4 is 0 Å². The van der Waals surface area contributed by atoms with Crippen molar-refractivity contribution in [3.05, 3.63) is 64.9 Å². The van der Waals surface area contributed by atoms with Crippen molar-refractivity contribution >= 4 is 23.4 Å². The molecule has 2 aliphatic heterocycles. The fourth-order valence-electron chi connectivity index (χ4n) is 5.65. The van der Waals surface area contributed by atoms with Crippen molar-refractivity contribution in [2.75, 3.05) is 32.7 Å². The second kappa shape index (κ2) is 13.6. The monoisotopic (exact) mass is 540 g/mol. The quantitative estimate of drug-likeness (QED) is 0.462. The second-order valence-electron chi connectivity index (χ2n) is 11.3. The highest BCUT2D eigenvalue weighted by Gasteiger charge is 2.41. The van der Waals surface area contributed by atoms with Crippen molar-refractivity contribution in [1.82, 2.24) is 19.7 Å². The van der Waals surface area contributed by atoms with Gasteiger partial charge in [-0.15, -0.1) is 0 Å². The summed E-state index contributed by atoms with van der Waals surface area (Å²) in [6, 6.07) is 14.2. The Morgan fingerprint density at radius 1 is 1.00 bits per heavy atom. The number of aromatic nitrogens is 1. The van der Waals surface area contributed by atoms with Crippen LogP contribution in [0.2, 0.25) is 5.02 Å². The summed E-state index contributed by atoms with van der Waals surface area (Å²) in [4.78, 5) is 36.5. The van der Waals surface area contributed by atoms with E-state index in [1.165, 1.54) is 0 Å². The molecule has 2 aromatic rings. The molecule has 1 aromatic heterocycles. The van der Waals surface area contributed by atoms with Crippen LogP contribution in [0.4, 0.5) is 0 Å². The summed E-state index contributed by atoms with van der Waals surface area (Å²) < 4.78 is 0. The van der Waals surface area contributed by atoms with Crippen molar-refractivity contribution in [1.29, 1.82) is 0 Å². The van der Waals surface area contributed by atoms with E-state index >= 15 is 0 Å². The first-order chi connectivity index (χ1) is 18.1. The molecule has 38 heavy (non-hydrogen) atoms. The third kappa shape index (κ3) is 7.57. The van der Waals surface area contributed by atoms with Gasteiger partial charge < -0.3 is 9.80 Å². The van der Waals surface area contributed by atoms with Crippen LogP contribution in [0.3, 0.4) is 0 Å². The highest BCUT2D eigenvalue weighted by molar-refractivity contribution is 6.30. The maximum Gasteiger partial charge on any atom is 0.223 e. The van der Waals surface area contributed by atoms with Gasteiger partial charge in [0, 0.05) is 63.3 Å². The van der Waals surface area contributed by atoms with Gasteiger partial charge in [-0.25, -0.2) is 0 Å². The van der Waals surface area contributed by atoms with E-state index in [0.717, 1.165) is 55.3 Å². The molecule has 0 bridgehead atoms. The number of rotatable bonds is 5. The summed E-state index contributed by atoms with van der Waals surface area (Å²) in [5.74, 6) is 0.727. The highest BCUT2D eigenvalue weighted by Crippen LogP contribution is 2.35. The molecule has 2 amide bonds. The number of hydrogen-bond donors (Lipinski definition) is 0. The molecular formula is C31H45ClN4O2. The number of hydrogen-bond acceptors (Lipinski definition) is 4. The summed E-state index contributed by atoms with van der Waals surface area (Å²) >= 11 is 6.20. The fraction of sp³-hybridized carbons (Fsp3) is 0.581. The number of carbonyl (C=O) groups is 2. The Morgan fingerprint density at radius 3 is 2.21 bits per heavy atom. The third-order valence-corrected chi connectivity index (χ3v) is 8.03. The lowest BCUT2D eigenvalue weighted by Crippen LogP contribution is -2.60. The molecule has 4 rings (SSSR count). The van der Waals surface area contributed by atoms with Gasteiger partial charge in [0.05, 0.1) is 11.7 Å². The Balaban J connectivity index is 0.00000195. The number of piperidine rings is 1. The van der Waals surface area contributed by atoms with Gasteiger partial charge in [-0.3, -0.25) is 19.5 Å². The smallest absolute Gasteiger partial charge is 0.223 e. The number of carbonyl (C=O) groups excluding carboxylic acids is 2. The van der Waals surface area contributed by atoms with Crippen LogP contribution in [0.15, 0.2) is 48.7 Å². The van der Waals surface area contributed by atoms with E-state index in [2.05, 4.69) is 48.8 Å². The van der Waals surface area contributed by atoms with Crippen LogP contribution in [0, 0.1) is 11.3 Å². The second-order valence-corrected chi connectivity index (χ2v) is 11.8. The first-order valence-corrected chi connectivity index (χ1v) is 14.5. The largest absolute Gasteiger partial charge is 0.343 e. The topological polar surface area (TPSA) is 56.8 Å². The zero-order chi connectivity index (χ0) is 27.9. The zero-order valence-corrected chi connectivity index (χ0v) is 24.7. The standard InChI is InChI=1S/C29H39ClN4O2.C2H6/c1-21(35)32-15-12-22(13-16-32)19-27(36)34-18-17-33(20-26(34)29(2,3)4)28(25-7-5-6-14-31-25)23-8-10-24(30)11-9-23;1-2/h5-11,14,22,26,28H,12-13,15-20H2,1-4H3;1-2H3. The Kier molecular flexibility index (Phi) is 10.8. The minimum Gasteiger partial charge on any atom is -0.343 e. The van der Waals surface area contributed by atoms with E-state index in [1.807, 2.05) is 49.2 Å². The molecule has 1 aromatic carbocycles. The summed E-state index contributed by atoms with van der Waals surface area (Å²) in [5.41, 5.74) is 2.09. The van der Waals surface area contributed by atoms with E-state index in [9.17, 15) is 9.59 Å². The Morgan fingerprint density at radius 2 is 1.66 bits per heavy atom. The molecule has 2 aliphatic rings. The van der Waals surface area contributed by atoms with Gasteiger partial charge in [0.2, 0.25) is 11.8 Å². The molecule has 0 radical (unpaired) electrons. The van der Waals surface area contributed by atoms with Crippen molar-refractivity contribution in [3.8, 4) is 0 Å². The molecule has 0 aliphatic carbocycles. The molecule has 3 heterocycles. The lowest BCUT2D eigenvalue weighted by molar-refractivity contribution is -0.141. The van der Waals surface area contributed by atoms with Crippen molar-refractivity contribution in [2.24, 2.45) is 11.3 Å². The van der Waals surface area contributed by atoms with Gasteiger partial charge in [0.1, 0.15) is 0 Å². The number of benzene rings is 1. The number of nitrogens with zero attached hydrogens (tertiary/aromatic N) is 4. The molecule has 2 fully saturated rings. The van der Waals surface area contributed by atoms with Gasteiger partial charge in [-0.1, -0.05) is 64.4 Å². The SMILES string of the molecule is CC.CC(=O)N1CCC(CC(=O)N2CCN(C(c3ccc(Cl)cc3)c3ccccn3)CC2C(C)(C)C)CC1. The van der Waals surface area contributed by atoms with Crippen LogP contribution >= 0.6 is 11.6 Å². The molecule has 6 nitrogen and oxygen atoms in total. The first kappa shape index (κ1) is 30.1. The highest BCUT2D eigenvalue weighted by atomic mass is 35.5. The average molecular weight is 541 g/mol. The minimum absolute atomic E-state index is 0.00137. The van der Waals surface area contributed by atoms with Crippen LogP contribution in [-0.2, 0) is 9.59 Å². The molecule has 0 N–H and O–H groups in total. The maximum absolute atomic E-state index is 13.6. The molecule has 2 unspecified atom stereocenters. The fourth-order valence-corrected chi connectivity index (χ4v) is 5.77. The Bertz CT molecular complexity index is 1030. The van der Waals surface area contributed by atoms with Gasteiger partial charge in [-0.05, 0) is 54.0 Å². The van der Waals surface area contributed by atoms with E-state index in [4.69, 9.17) is 16.6 Å². The number of piperazine rings is 1. The molecule has 0 spiro atoms. The number of likely N-dealkylation sites (tertiary alicyclic amines) is 1. The zero-order valence-electron chi connectivity index (χ0n) is 24.0. The minimum atomic E-state index is -0.0685. The van der Waals surface area contributed by atoms with Crippen LogP contribution in [0.25, 0.3) is 0 Å². The lowest BCUT2D eigenvalue weighted by atomic mass is 9.82. The summed E-state index contributed by atoms with van der Waals surface area (Å²) in [6.07, 6.45) is 4.23. The molecule has 208 valence electrons. The van der Waals surface area contributed by atoms with E-state index in [0.29, 0.717) is 18.9 Å². The molecule has 7 heteroatoms. The van der Waals surface area contributed by atoms with E-state index in [-0.39, 0.29) is 29.3 Å². The lowest BCUT2D eigenvalue weighted by Gasteiger charge is -2.49. The maximum atomic E-state index is 13.6. The van der Waals surface area contributed by atoms with Gasteiger partial charge >= 0.3 is 0 Å².